The molecule has 5 nitrogen and oxygen atoms in total. The van der Waals surface area contributed by atoms with Gasteiger partial charge < -0.3 is 15.0 Å². The van der Waals surface area contributed by atoms with Crippen molar-refractivity contribution in [3.63, 3.8) is 0 Å². The van der Waals surface area contributed by atoms with Crippen LogP contribution in [-0.2, 0) is 0 Å². The van der Waals surface area contributed by atoms with E-state index in [1.165, 1.54) is 0 Å². The zero-order valence-electron chi connectivity index (χ0n) is 13.5. The predicted molar refractivity (Wildman–Crippen MR) is 91.1 cm³/mol. The number of hydrogen-bond donors (Lipinski definition) is 1. The molecule has 0 amide bonds. The van der Waals surface area contributed by atoms with Crippen LogP contribution in [0.2, 0.25) is 0 Å². The molecule has 0 aliphatic heterocycles. The number of ether oxygens (including phenoxy) is 1. The Bertz CT molecular complexity index is 565. The molecule has 0 saturated heterocycles. The van der Waals surface area contributed by atoms with Crippen LogP contribution in [0.4, 0.5) is 17.5 Å². The van der Waals surface area contributed by atoms with Gasteiger partial charge in [0.15, 0.2) is 0 Å². The van der Waals surface area contributed by atoms with Gasteiger partial charge in [0.25, 0.3) is 0 Å². The number of rotatable bonds is 8. The summed E-state index contributed by atoms with van der Waals surface area (Å²) in [5, 5.41) is 3.30. The maximum atomic E-state index is 5.16. The second-order valence-electron chi connectivity index (χ2n) is 5.08. The highest BCUT2D eigenvalue weighted by molar-refractivity contribution is 5.58. The number of benzene rings is 1. The molecule has 118 valence electrons. The summed E-state index contributed by atoms with van der Waals surface area (Å²) in [6, 6.07) is 9.66. The molecule has 2 aromatic rings. The average Bonchev–Trinajstić information content (AvgIpc) is 2.56. The third-order valence-corrected chi connectivity index (χ3v) is 3.28. The van der Waals surface area contributed by atoms with Crippen molar-refractivity contribution in [2.24, 2.45) is 0 Å². The van der Waals surface area contributed by atoms with Gasteiger partial charge in [0.05, 0.1) is 7.11 Å². The number of aromatic nitrogens is 2. The van der Waals surface area contributed by atoms with E-state index in [1.54, 1.807) is 13.3 Å². The van der Waals surface area contributed by atoms with Gasteiger partial charge in [-0.3, -0.25) is 0 Å². The predicted octanol–water partition coefficient (Wildman–Crippen LogP) is 3.86. The van der Waals surface area contributed by atoms with Gasteiger partial charge in [0.2, 0.25) is 5.95 Å². The van der Waals surface area contributed by atoms with E-state index in [0.29, 0.717) is 0 Å². The van der Waals surface area contributed by atoms with Crippen molar-refractivity contribution in [3.8, 4) is 5.75 Å². The van der Waals surface area contributed by atoms with E-state index in [4.69, 9.17) is 4.74 Å². The number of methoxy groups -OCH3 is 1. The Balaban J connectivity index is 2.12. The first-order chi connectivity index (χ1) is 10.8. The summed E-state index contributed by atoms with van der Waals surface area (Å²) in [5.74, 6) is 2.42. The normalized spacial score (nSPS) is 10.3. The summed E-state index contributed by atoms with van der Waals surface area (Å²) < 4.78 is 5.16. The molecule has 0 fully saturated rings. The summed E-state index contributed by atoms with van der Waals surface area (Å²) in [6.07, 6.45) is 3.96. The number of nitrogens with one attached hydrogen (secondary N) is 1. The Hall–Kier alpha value is -2.30. The smallest absolute Gasteiger partial charge is 0.227 e. The van der Waals surface area contributed by atoms with E-state index < -0.39 is 0 Å². The van der Waals surface area contributed by atoms with E-state index in [9.17, 15) is 0 Å². The van der Waals surface area contributed by atoms with E-state index in [2.05, 4.69) is 34.0 Å². The molecule has 1 aromatic heterocycles. The van der Waals surface area contributed by atoms with E-state index in [0.717, 1.165) is 49.1 Å². The lowest BCUT2D eigenvalue weighted by atomic mass is 10.3. The zero-order chi connectivity index (χ0) is 15.8. The van der Waals surface area contributed by atoms with Crippen molar-refractivity contribution in [3.05, 3.63) is 36.5 Å². The molecule has 0 unspecified atom stereocenters. The molecule has 0 radical (unpaired) electrons. The van der Waals surface area contributed by atoms with Crippen LogP contribution in [0.15, 0.2) is 36.5 Å². The highest BCUT2D eigenvalue weighted by Crippen LogP contribution is 2.20. The Morgan fingerprint density at radius 1 is 1.05 bits per heavy atom. The molecule has 0 aliphatic rings. The minimum absolute atomic E-state index is 0.780. The third-order valence-electron chi connectivity index (χ3n) is 3.28. The molecular weight excluding hydrogens is 276 g/mol. The number of hydrogen-bond acceptors (Lipinski definition) is 5. The van der Waals surface area contributed by atoms with Crippen LogP contribution in [0.25, 0.3) is 0 Å². The average molecular weight is 300 g/mol. The SMILES string of the molecule is CCCN(CCC)c1nccc(Nc2ccc(OC)cc2)n1. The molecule has 0 bridgehead atoms. The maximum absolute atomic E-state index is 5.16. The molecular formula is C17H24N4O. The maximum Gasteiger partial charge on any atom is 0.227 e. The second-order valence-corrected chi connectivity index (χ2v) is 5.08. The van der Waals surface area contributed by atoms with Crippen molar-refractivity contribution >= 4 is 17.5 Å². The molecule has 1 aromatic carbocycles. The second kappa shape index (κ2) is 8.22. The minimum atomic E-state index is 0.780. The molecule has 22 heavy (non-hydrogen) atoms. The van der Waals surface area contributed by atoms with Gasteiger partial charge in [-0.15, -0.1) is 0 Å². The van der Waals surface area contributed by atoms with Crippen molar-refractivity contribution in [1.29, 1.82) is 0 Å². The van der Waals surface area contributed by atoms with Crippen LogP contribution in [0.5, 0.6) is 5.75 Å². The zero-order valence-corrected chi connectivity index (χ0v) is 13.5. The molecule has 2 rings (SSSR count). The van der Waals surface area contributed by atoms with Crippen molar-refractivity contribution in [2.75, 3.05) is 30.4 Å². The first-order valence-electron chi connectivity index (χ1n) is 7.76. The van der Waals surface area contributed by atoms with Gasteiger partial charge in [-0.25, -0.2) is 4.98 Å². The van der Waals surface area contributed by atoms with Gasteiger partial charge in [0, 0.05) is 25.0 Å². The Morgan fingerprint density at radius 2 is 1.73 bits per heavy atom. The fourth-order valence-electron chi connectivity index (χ4n) is 2.24. The van der Waals surface area contributed by atoms with Crippen LogP contribution >= 0.6 is 0 Å². The quantitative estimate of drug-likeness (QED) is 0.802. The minimum Gasteiger partial charge on any atom is -0.497 e. The fourth-order valence-corrected chi connectivity index (χ4v) is 2.24. The molecule has 0 saturated carbocycles. The summed E-state index contributed by atoms with van der Waals surface area (Å²) in [6.45, 7) is 6.28. The van der Waals surface area contributed by atoms with Crippen LogP contribution in [0.3, 0.4) is 0 Å². The van der Waals surface area contributed by atoms with Crippen LogP contribution in [0, 0.1) is 0 Å². The summed E-state index contributed by atoms with van der Waals surface area (Å²) >= 11 is 0. The lowest BCUT2D eigenvalue weighted by Crippen LogP contribution is -2.26. The standard InChI is InChI=1S/C17H24N4O/c1-4-12-21(13-5-2)17-18-11-10-16(20-17)19-14-6-8-15(22-3)9-7-14/h6-11H,4-5,12-13H2,1-3H3,(H,18,19,20). The molecule has 0 aliphatic carbocycles. The van der Waals surface area contributed by atoms with Gasteiger partial charge in [0.1, 0.15) is 11.6 Å². The topological polar surface area (TPSA) is 50.3 Å². The van der Waals surface area contributed by atoms with Gasteiger partial charge in [-0.1, -0.05) is 13.8 Å². The molecule has 1 heterocycles. The largest absolute Gasteiger partial charge is 0.497 e. The van der Waals surface area contributed by atoms with Gasteiger partial charge >= 0.3 is 0 Å². The molecule has 5 heteroatoms. The van der Waals surface area contributed by atoms with E-state index in [-0.39, 0.29) is 0 Å². The summed E-state index contributed by atoms with van der Waals surface area (Å²) in [5.41, 5.74) is 0.975. The Labute approximate surface area is 132 Å². The lowest BCUT2D eigenvalue weighted by molar-refractivity contribution is 0.415. The Morgan fingerprint density at radius 3 is 2.32 bits per heavy atom. The highest BCUT2D eigenvalue weighted by Gasteiger charge is 2.08. The summed E-state index contributed by atoms with van der Waals surface area (Å²) in [7, 11) is 1.66. The highest BCUT2D eigenvalue weighted by atomic mass is 16.5. The Kier molecular flexibility index (Phi) is 6.01. The first-order valence-corrected chi connectivity index (χ1v) is 7.76. The molecule has 0 atom stereocenters. The lowest BCUT2D eigenvalue weighted by Gasteiger charge is -2.21. The van der Waals surface area contributed by atoms with Gasteiger partial charge in [-0.2, -0.15) is 4.98 Å². The fraction of sp³-hybridized carbons (Fsp3) is 0.412. The van der Waals surface area contributed by atoms with Crippen molar-refractivity contribution < 1.29 is 4.74 Å². The summed E-state index contributed by atoms with van der Waals surface area (Å²) in [4.78, 5) is 11.2. The first kappa shape index (κ1) is 16.1. The molecule has 0 spiro atoms. The molecule has 1 N–H and O–H groups in total. The van der Waals surface area contributed by atoms with Crippen molar-refractivity contribution in [2.45, 2.75) is 26.7 Å². The van der Waals surface area contributed by atoms with E-state index >= 15 is 0 Å². The number of anilines is 3. The van der Waals surface area contributed by atoms with Crippen LogP contribution in [0.1, 0.15) is 26.7 Å². The van der Waals surface area contributed by atoms with Crippen LogP contribution in [-0.4, -0.2) is 30.2 Å². The van der Waals surface area contributed by atoms with Crippen LogP contribution < -0.4 is 15.0 Å². The third kappa shape index (κ3) is 4.35. The van der Waals surface area contributed by atoms with E-state index in [1.807, 2.05) is 30.3 Å². The van der Waals surface area contributed by atoms with Crippen molar-refractivity contribution in [1.82, 2.24) is 9.97 Å². The monoisotopic (exact) mass is 300 g/mol. The number of nitrogens with zero attached hydrogens (tertiary/aromatic N) is 3. The van der Waals surface area contributed by atoms with Gasteiger partial charge in [-0.05, 0) is 43.2 Å².